The van der Waals surface area contributed by atoms with Crippen molar-refractivity contribution in [3.63, 3.8) is 0 Å². The van der Waals surface area contributed by atoms with E-state index in [9.17, 15) is 4.79 Å². The second kappa shape index (κ2) is 2.98. The normalized spacial score (nSPS) is 32.2. The molecule has 1 fully saturated rings. The van der Waals surface area contributed by atoms with Crippen molar-refractivity contribution in [2.45, 2.75) is 18.6 Å². The molecular formula is C6H11NO3. The van der Waals surface area contributed by atoms with Gasteiger partial charge in [-0.05, 0) is 13.0 Å². The summed E-state index contributed by atoms with van der Waals surface area (Å²) in [6.07, 6.45) is 0.0483. The molecular weight excluding hydrogens is 134 g/mol. The van der Waals surface area contributed by atoms with Crippen LogP contribution in [0.1, 0.15) is 6.42 Å². The van der Waals surface area contributed by atoms with Gasteiger partial charge >= 0.3 is 5.97 Å². The molecule has 0 aromatic carbocycles. The van der Waals surface area contributed by atoms with Gasteiger partial charge in [-0.2, -0.15) is 0 Å². The van der Waals surface area contributed by atoms with E-state index in [1.165, 1.54) is 7.11 Å². The quantitative estimate of drug-likeness (QED) is 0.459. The third-order valence-corrected chi connectivity index (χ3v) is 1.64. The highest BCUT2D eigenvalue weighted by Crippen LogP contribution is 2.07. The van der Waals surface area contributed by atoms with E-state index in [2.05, 4.69) is 10.1 Å². The maximum Gasteiger partial charge on any atom is 0.325 e. The number of ether oxygens (including phenoxy) is 1. The van der Waals surface area contributed by atoms with E-state index in [0.29, 0.717) is 13.0 Å². The van der Waals surface area contributed by atoms with Gasteiger partial charge in [0.1, 0.15) is 6.04 Å². The molecule has 4 nitrogen and oxygen atoms in total. The molecule has 0 amide bonds. The molecule has 1 rings (SSSR count). The van der Waals surface area contributed by atoms with Gasteiger partial charge in [0.25, 0.3) is 0 Å². The van der Waals surface area contributed by atoms with Crippen LogP contribution in [-0.4, -0.2) is 36.9 Å². The highest BCUT2D eigenvalue weighted by atomic mass is 16.5. The van der Waals surface area contributed by atoms with Crippen LogP contribution in [0.2, 0.25) is 0 Å². The Morgan fingerprint density at radius 2 is 2.50 bits per heavy atom. The molecule has 10 heavy (non-hydrogen) atoms. The number of nitrogens with one attached hydrogen (secondary N) is 1. The topological polar surface area (TPSA) is 58.6 Å². The maximum atomic E-state index is 10.8. The van der Waals surface area contributed by atoms with Crippen molar-refractivity contribution in [1.29, 1.82) is 0 Å². The zero-order valence-corrected chi connectivity index (χ0v) is 5.83. The molecule has 0 aromatic heterocycles. The molecule has 1 heterocycles. The second-order valence-corrected chi connectivity index (χ2v) is 2.31. The minimum Gasteiger partial charge on any atom is -0.468 e. The number of esters is 1. The number of hydrogen-bond donors (Lipinski definition) is 2. The van der Waals surface area contributed by atoms with Gasteiger partial charge in [-0.15, -0.1) is 0 Å². The zero-order chi connectivity index (χ0) is 7.56. The van der Waals surface area contributed by atoms with E-state index >= 15 is 0 Å². The highest BCUT2D eigenvalue weighted by molar-refractivity contribution is 5.76. The Labute approximate surface area is 59.2 Å². The van der Waals surface area contributed by atoms with Crippen molar-refractivity contribution in [1.82, 2.24) is 5.32 Å². The number of methoxy groups -OCH3 is 1. The molecule has 0 bridgehead atoms. The average Bonchev–Trinajstić information content (AvgIpc) is 2.34. The molecule has 1 aliphatic rings. The zero-order valence-electron chi connectivity index (χ0n) is 5.83. The van der Waals surface area contributed by atoms with Gasteiger partial charge in [0, 0.05) is 0 Å². The third kappa shape index (κ3) is 1.27. The number of carbonyl (C=O) groups excluding carboxylic acids is 1. The molecule has 0 radical (unpaired) electrons. The predicted octanol–water partition coefficient (Wildman–Crippen LogP) is -1.12. The lowest BCUT2D eigenvalue weighted by molar-refractivity contribution is -0.144. The van der Waals surface area contributed by atoms with Crippen LogP contribution in [0.4, 0.5) is 0 Å². The fourth-order valence-corrected chi connectivity index (χ4v) is 1.06. The lowest BCUT2D eigenvalue weighted by Crippen LogP contribution is -2.39. The van der Waals surface area contributed by atoms with Crippen molar-refractivity contribution in [2.24, 2.45) is 0 Å². The summed E-state index contributed by atoms with van der Waals surface area (Å²) in [5.74, 6) is -0.384. The fourth-order valence-electron chi connectivity index (χ4n) is 1.06. The molecule has 1 aliphatic heterocycles. The Morgan fingerprint density at radius 3 is 2.90 bits per heavy atom. The van der Waals surface area contributed by atoms with Gasteiger partial charge in [0.15, 0.2) is 0 Å². The number of rotatable bonds is 1. The van der Waals surface area contributed by atoms with Gasteiger partial charge in [-0.3, -0.25) is 4.79 Å². The highest BCUT2D eigenvalue weighted by Gasteiger charge is 2.31. The van der Waals surface area contributed by atoms with Gasteiger partial charge < -0.3 is 15.2 Å². The molecule has 0 spiro atoms. The van der Waals surface area contributed by atoms with E-state index in [-0.39, 0.29) is 5.97 Å². The lowest BCUT2D eigenvalue weighted by Gasteiger charge is -2.10. The summed E-state index contributed by atoms with van der Waals surface area (Å²) in [6, 6.07) is -0.509. The van der Waals surface area contributed by atoms with Crippen molar-refractivity contribution in [3.8, 4) is 0 Å². The van der Waals surface area contributed by atoms with E-state index in [1.807, 2.05) is 0 Å². The monoisotopic (exact) mass is 145 g/mol. The summed E-state index contributed by atoms with van der Waals surface area (Å²) >= 11 is 0. The molecule has 4 heteroatoms. The first-order chi connectivity index (χ1) is 4.75. The summed E-state index contributed by atoms with van der Waals surface area (Å²) in [5.41, 5.74) is 0. The van der Waals surface area contributed by atoms with Crippen LogP contribution in [0.25, 0.3) is 0 Å². The fraction of sp³-hybridized carbons (Fsp3) is 0.833. The molecule has 0 aromatic rings. The van der Waals surface area contributed by atoms with Crippen LogP contribution in [0, 0.1) is 0 Å². The molecule has 2 atom stereocenters. The first kappa shape index (κ1) is 7.50. The maximum absolute atomic E-state index is 10.8. The van der Waals surface area contributed by atoms with Crippen LogP contribution in [0.5, 0.6) is 0 Å². The van der Waals surface area contributed by atoms with E-state index in [0.717, 1.165) is 0 Å². The largest absolute Gasteiger partial charge is 0.468 e. The first-order valence-electron chi connectivity index (χ1n) is 3.25. The Balaban J connectivity index is 2.46. The molecule has 0 saturated carbocycles. The number of aliphatic hydroxyl groups is 1. The van der Waals surface area contributed by atoms with E-state index in [1.54, 1.807) is 0 Å². The summed E-state index contributed by atoms with van der Waals surface area (Å²) in [5, 5.41) is 12.0. The van der Waals surface area contributed by atoms with Gasteiger partial charge in [0.05, 0.1) is 13.2 Å². The Morgan fingerprint density at radius 1 is 1.80 bits per heavy atom. The Hall–Kier alpha value is -0.610. The van der Waals surface area contributed by atoms with Crippen molar-refractivity contribution in [3.05, 3.63) is 0 Å². The summed E-state index contributed by atoms with van der Waals surface area (Å²) < 4.78 is 4.44. The molecule has 2 unspecified atom stereocenters. The van der Waals surface area contributed by atoms with Gasteiger partial charge in [-0.25, -0.2) is 0 Å². The van der Waals surface area contributed by atoms with Crippen LogP contribution in [-0.2, 0) is 9.53 Å². The number of aliphatic hydroxyl groups excluding tert-OH is 1. The van der Waals surface area contributed by atoms with Crippen molar-refractivity contribution in [2.75, 3.05) is 13.7 Å². The Kier molecular flexibility index (Phi) is 2.24. The van der Waals surface area contributed by atoms with Crippen LogP contribution >= 0.6 is 0 Å². The molecule has 1 saturated heterocycles. The average molecular weight is 145 g/mol. The Bertz CT molecular complexity index is 137. The lowest BCUT2D eigenvalue weighted by atomic mass is 10.2. The van der Waals surface area contributed by atoms with Crippen LogP contribution in [0.3, 0.4) is 0 Å². The molecule has 0 aliphatic carbocycles. The smallest absolute Gasteiger partial charge is 0.325 e. The number of carbonyl (C=O) groups is 1. The van der Waals surface area contributed by atoms with E-state index < -0.39 is 12.1 Å². The van der Waals surface area contributed by atoms with Crippen molar-refractivity contribution >= 4 is 5.97 Å². The van der Waals surface area contributed by atoms with Gasteiger partial charge in [0.2, 0.25) is 0 Å². The predicted molar refractivity (Wildman–Crippen MR) is 34.4 cm³/mol. The second-order valence-electron chi connectivity index (χ2n) is 2.31. The molecule has 2 N–H and O–H groups in total. The SMILES string of the molecule is COC(=O)C1NCCC1O. The summed E-state index contributed by atoms with van der Waals surface area (Å²) in [4.78, 5) is 10.8. The van der Waals surface area contributed by atoms with Gasteiger partial charge in [-0.1, -0.05) is 0 Å². The van der Waals surface area contributed by atoms with Crippen molar-refractivity contribution < 1.29 is 14.6 Å². The minimum atomic E-state index is -0.576. The number of hydrogen-bond acceptors (Lipinski definition) is 4. The summed E-state index contributed by atoms with van der Waals surface area (Å²) in [6.45, 7) is 0.681. The van der Waals surface area contributed by atoms with E-state index in [4.69, 9.17) is 5.11 Å². The minimum absolute atomic E-state index is 0.384. The third-order valence-electron chi connectivity index (χ3n) is 1.64. The first-order valence-corrected chi connectivity index (χ1v) is 3.25. The standard InChI is InChI=1S/C6H11NO3/c1-10-6(9)5-4(8)2-3-7-5/h4-5,7-8H,2-3H2,1H3. The summed E-state index contributed by atoms with van der Waals surface area (Å²) in [7, 11) is 1.31. The van der Waals surface area contributed by atoms with Crippen LogP contribution < -0.4 is 5.32 Å². The molecule has 58 valence electrons. The van der Waals surface area contributed by atoms with Crippen LogP contribution in [0.15, 0.2) is 0 Å².